The number of methoxy groups -OCH3 is 2. The minimum Gasteiger partial charge on any atom is -0.493 e. The number of carbonyl (C=O) groups excluding carboxylic acids is 3. The molecule has 3 amide bonds. The lowest BCUT2D eigenvalue weighted by atomic mass is 9.83. The summed E-state index contributed by atoms with van der Waals surface area (Å²) in [6.07, 6.45) is 0. The molecule has 3 atom stereocenters. The lowest BCUT2D eigenvalue weighted by Gasteiger charge is -2.31. The minimum atomic E-state index is -0.866. The monoisotopic (exact) mass is 639 g/mol. The first-order valence-electron chi connectivity index (χ1n) is 13.0. The van der Waals surface area contributed by atoms with Crippen molar-refractivity contribution in [3.63, 3.8) is 0 Å². The minimum absolute atomic E-state index is 0.339. The summed E-state index contributed by atoms with van der Waals surface area (Å²) in [6.45, 7) is -0.339. The highest BCUT2D eigenvalue weighted by Gasteiger charge is 2.57. The molecule has 2 unspecified atom stereocenters. The topological polar surface area (TPSA) is 107 Å². The van der Waals surface area contributed by atoms with Crippen LogP contribution in [-0.2, 0) is 20.9 Å². The van der Waals surface area contributed by atoms with Crippen LogP contribution in [0.2, 0.25) is 5.02 Å². The lowest BCUT2D eigenvalue weighted by Crippen LogP contribution is -2.33. The summed E-state index contributed by atoms with van der Waals surface area (Å²) in [5, 5.41) is 2.70. The number of halogens is 2. The Hall–Kier alpha value is -4.13. The van der Waals surface area contributed by atoms with Crippen LogP contribution in [0, 0.1) is 11.7 Å². The molecule has 43 heavy (non-hydrogen) atoms. The molecule has 0 bridgehead atoms. The quantitative estimate of drug-likeness (QED) is 0.279. The van der Waals surface area contributed by atoms with E-state index in [4.69, 9.17) is 21.1 Å². The molecular weight excluding hydrogens is 617 g/mol. The molecule has 220 valence electrons. The van der Waals surface area contributed by atoms with Crippen molar-refractivity contribution in [3.05, 3.63) is 97.7 Å². The number of thiazole rings is 1. The van der Waals surface area contributed by atoms with E-state index < -0.39 is 45.5 Å². The van der Waals surface area contributed by atoms with Gasteiger partial charge in [-0.05, 0) is 66.2 Å². The van der Waals surface area contributed by atoms with Crippen molar-refractivity contribution >= 4 is 63.8 Å². The summed E-state index contributed by atoms with van der Waals surface area (Å²) < 4.78 is 25.5. The van der Waals surface area contributed by atoms with Crippen molar-refractivity contribution in [1.82, 2.24) is 4.57 Å². The van der Waals surface area contributed by atoms with E-state index in [9.17, 15) is 23.6 Å². The smallest absolute Gasteiger partial charge is 0.308 e. The summed E-state index contributed by atoms with van der Waals surface area (Å²) in [5.41, 5.74) is 1.41. The Morgan fingerprint density at radius 3 is 2.33 bits per heavy atom. The summed E-state index contributed by atoms with van der Waals surface area (Å²) in [4.78, 5) is 55.5. The SMILES string of the molecule is COc1ccc([C@H]2c3sc(=O)n(CC(=O)Nc4ccc(F)cc4)c3SC3C(=O)N(c4ccc(Cl)cc4)C(=O)C32)cc1OC. The molecule has 6 rings (SSSR count). The first-order valence-corrected chi connectivity index (χ1v) is 15.1. The molecular formula is C30H23ClFN3O6S2. The highest BCUT2D eigenvalue weighted by molar-refractivity contribution is 8.00. The molecule has 4 aromatic rings. The number of carbonyl (C=O) groups is 3. The average molecular weight is 640 g/mol. The second-order valence-electron chi connectivity index (χ2n) is 9.82. The number of nitrogens with one attached hydrogen (secondary N) is 1. The predicted octanol–water partition coefficient (Wildman–Crippen LogP) is 5.15. The maximum absolute atomic E-state index is 14.0. The van der Waals surface area contributed by atoms with Crippen molar-refractivity contribution in [2.75, 3.05) is 24.4 Å². The molecule has 1 aromatic heterocycles. The highest BCUT2D eigenvalue weighted by atomic mass is 35.5. The van der Waals surface area contributed by atoms with Crippen molar-refractivity contribution in [3.8, 4) is 11.5 Å². The van der Waals surface area contributed by atoms with E-state index >= 15 is 0 Å². The number of amides is 3. The zero-order chi connectivity index (χ0) is 30.4. The van der Waals surface area contributed by atoms with Gasteiger partial charge in [-0.3, -0.25) is 23.7 Å². The van der Waals surface area contributed by atoms with Crippen molar-refractivity contribution in [1.29, 1.82) is 0 Å². The van der Waals surface area contributed by atoms with E-state index in [-0.39, 0.29) is 6.54 Å². The van der Waals surface area contributed by atoms with Crippen LogP contribution in [0.25, 0.3) is 0 Å². The number of aromatic nitrogens is 1. The van der Waals surface area contributed by atoms with Gasteiger partial charge >= 0.3 is 4.87 Å². The third kappa shape index (κ3) is 5.19. The van der Waals surface area contributed by atoms with E-state index in [2.05, 4.69) is 5.32 Å². The molecule has 2 aliphatic rings. The van der Waals surface area contributed by atoms with Crippen LogP contribution in [-0.4, -0.2) is 41.8 Å². The molecule has 0 saturated carbocycles. The summed E-state index contributed by atoms with van der Waals surface area (Å²) in [7, 11) is 3.00. The van der Waals surface area contributed by atoms with Gasteiger partial charge in [0.05, 0.1) is 30.9 Å². The van der Waals surface area contributed by atoms with E-state index in [0.717, 1.165) is 28.0 Å². The van der Waals surface area contributed by atoms with Crippen molar-refractivity contribution in [2.45, 2.75) is 22.7 Å². The number of hydrogen-bond acceptors (Lipinski definition) is 8. The fourth-order valence-electron chi connectivity index (χ4n) is 5.38. The molecule has 2 aliphatic heterocycles. The van der Waals surface area contributed by atoms with Gasteiger partial charge < -0.3 is 14.8 Å². The van der Waals surface area contributed by atoms with Gasteiger partial charge in [-0.1, -0.05) is 40.8 Å². The highest BCUT2D eigenvalue weighted by Crippen LogP contribution is 2.54. The molecule has 1 fully saturated rings. The Morgan fingerprint density at radius 2 is 1.65 bits per heavy atom. The third-order valence-electron chi connectivity index (χ3n) is 7.33. The number of hydrogen-bond donors (Lipinski definition) is 1. The van der Waals surface area contributed by atoms with Gasteiger partial charge in [0.25, 0.3) is 0 Å². The standard InChI is InChI=1S/C30H23ClFN3O6S2/c1-40-20-12-3-15(13-21(20)41-2)23-24-25(28(38)35(27(24)37)19-10-4-16(31)5-11-19)42-29-26(23)43-30(39)34(29)14-22(36)33-18-8-6-17(32)7-9-18/h3-13,23-25H,14H2,1-2H3,(H,33,36)/t23-,24?,25?/m1/s1. The number of ether oxygens (including phenoxy) is 2. The van der Waals surface area contributed by atoms with Gasteiger partial charge in [0.1, 0.15) is 17.6 Å². The Bertz CT molecular complexity index is 1810. The van der Waals surface area contributed by atoms with Gasteiger partial charge in [-0.25, -0.2) is 9.29 Å². The van der Waals surface area contributed by atoms with Gasteiger partial charge in [0.15, 0.2) is 11.5 Å². The van der Waals surface area contributed by atoms with E-state index in [1.807, 2.05) is 0 Å². The molecule has 1 N–H and O–H groups in total. The molecule has 3 heterocycles. The van der Waals surface area contributed by atoms with Crippen molar-refractivity contribution < 1.29 is 28.2 Å². The second kappa shape index (κ2) is 11.5. The Kier molecular flexibility index (Phi) is 7.75. The number of imide groups is 1. The van der Waals surface area contributed by atoms with Crippen LogP contribution >= 0.6 is 34.7 Å². The van der Waals surface area contributed by atoms with E-state index in [1.165, 1.54) is 43.1 Å². The Balaban J connectivity index is 1.43. The fraction of sp³-hybridized carbons (Fsp3) is 0.200. The van der Waals surface area contributed by atoms with Gasteiger partial charge in [-0.15, -0.1) is 0 Å². The van der Waals surface area contributed by atoms with Crippen LogP contribution in [0.3, 0.4) is 0 Å². The number of nitrogens with zero attached hydrogens (tertiary/aromatic N) is 2. The number of benzene rings is 3. The number of rotatable bonds is 7. The van der Waals surface area contributed by atoms with Crippen LogP contribution in [0.4, 0.5) is 15.8 Å². The van der Waals surface area contributed by atoms with Crippen LogP contribution < -0.4 is 24.6 Å². The molecule has 9 nitrogen and oxygen atoms in total. The summed E-state index contributed by atoms with van der Waals surface area (Å²) in [6, 6.07) is 16.9. The fourth-order valence-corrected chi connectivity index (χ4v) is 8.28. The Labute approximate surface area is 258 Å². The first kappa shape index (κ1) is 29.0. The summed E-state index contributed by atoms with van der Waals surface area (Å²) >= 11 is 8.09. The van der Waals surface area contributed by atoms with Gasteiger partial charge in [0.2, 0.25) is 17.7 Å². The van der Waals surface area contributed by atoms with Gasteiger partial charge in [-0.2, -0.15) is 0 Å². The van der Waals surface area contributed by atoms with Crippen LogP contribution in [0.1, 0.15) is 16.4 Å². The normalized spacial score (nSPS) is 19.2. The zero-order valence-corrected chi connectivity index (χ0v) is 25.1. The van der Waals surface area contributed by atoms with Crippen LogP contribution in [0.5, 0.6) is 11.5 Å². The Morgan fingerprint density at radius 1 is 0.953 bits per heavy atom. The van der Waals surface area contributed by atoms with E-state index in [1.54, 1.807) is 42.5 Å². The van der Waals surface area contributed by atoms with Crippen molar-refractivity contribution in [2.24, 2.45) is 5.92 Å². The predicted molar refractivity (Wildman–Crippen MR) is 162 cm³/mol. The van der Waals surface area contributed by atoms with Crippen LogP contribution in [0.15, 0.2) is 76.6 Å². The first-order chi connectivity index (χ1) is 20.7. The summed E-state index contributed by atoms with van der Waals surface area (Å²) in [5.74, 6) is -2.41. The maximum atomic E-state index is 14.0. The largest absolute Gasteiger partial charge is 0.493 e. The number of anilines is 2. The molecule has 0 spiro atoms. The molecule has 13 heteroatoms. The van der Waals surface area contributed by atoms with Gasteiger partial charge in [0, 0.05) is 21.5 Å². The van der Waals surface area contributed by atoms with E-state index in [0.29, 0.717) is 43.4 Å². The lowest BCUT2D eigenvalue weighted by molar-refractivity contribution is -0.122. The number of thioether (sulfide) groups is 1. The molecule has 0 radical (unpaired) electrons. The zero-order valence-electron chi connectivity index (χ0n) is 22.7. The average Bonchev–Trinajstić information content (AvgIpc) is 3.44. The third-order valence-corrected chi connectivity index (χ3v) is 10.2. The second-order valence-corrected chi connectivity index (χ2v) is 12.4. The maximum Gasteiger partial charge on any atom is 0.308 e. The molecule has 0 aliphatic carbocycles. The molecule has 1 saturated heterocycles. The molecule has 3 aromatic carbocycles. The number of fused-ring (bicyclic) bond motifs is 2.